The van der Waals surface area contributed by atoms with E-state index < -0.39 is 0 Å². The fraction of sp³-hybridized carbons (Fsp3) is 0.200. The van der Waals surface area contributed by atoms with Gasteiger partial charge in [-0.15, -0.1) is 0 Å². The van der Waals surface area contributed by atoms with E-state index in [0.29, 0.717) is 34.8 Å². The van der Waals surface area contributed by atoms with E-state index in [1.807, 2.05) is 41.3 Å². The first-order chi connectivity index (χ1) is 14.5. The third-order valence-electron chi connectivity index (χ3n) is 5.52. The SMILES string of the molecule is Cc1ccc(Cl)cc1N1CCN(C(=O)c2ccccc2C(=O)c2ccccc2)CC1. The van der Waals surface area contributed by atoms with E-state index in [1.54, 1.807) is 36.4 Å². The van der Waals surface area contributed by atoms with Crippen molar-refractivity contribution in [3.05, 3.63) is 100 Å². The lowest BCUT2D eigenvalue weighted by Gasteiger charge is -2.37. The van der Waals surface area contributed by atoms with Gasteiger partial charge < -0.3 is 9.80 Å². The van der Waals surface area contributed by atoms with Gasteiger partial charge in [-0.3, -0.25) is 9.59 Å². The first kappa shape index (κ1) is 20.2. The zero-order valence-corrected chi connectivity index (χ0v) is 17.6. The predicted octanol–water partition coefficient (Wildman–Crippen LogP) is 4.84. The Kier molecular flexibility index (Phi) is 5.86. The fourth-order valence-electron chi connectivity index (χ4n) is 3.86. The molecule has 0 radical (unpaired) electrons. The molecule has 5 heteroatoms. The lowest BCUT2D eigenvalue weighted by atomic mass is 9.97. The quantitative estimate of drug-likeness (QED) is 0.569. The van der Waals surface area contributed by atoms with Crippen LogP contribution in [0.4, 0.5) is 5.69 Å². The van der Waals surface area contributed by atoms with Crippen LogP contribution in [-0.4, -0.2) is 42.8 Å². The molecule has 0 N–H and O–H groups in total. The Morgan fingerprint density at radius 3 is 2.13 bits per heavy atom. The second-order valence-corrected chi connectivity index (χ2v) is 7.89. The van der Waals surface area contributed by atoms with Gasteiger partial charge >= 0.3 is 0 Å². The van der Waals surface area contributed by atoms with Crippen LogP contribution in [0.25, 0.3) is 0 Å². The van der Waals surface area contributed by atoms with E-state index in [0.717, 1.165) is 24.3 Å². The molecule has 4 nitrogen and oxygen atoms in total. The molecule has 1 aliphatic heterocycles. The number of hydrogen-bond donors (Lipinski definition) is 0. The summed E-state index contributed by atoms with van der Waals surface area (Å²) in [6.07, 6.45) is 0. The van der Waals surface area contributed by atoms with E-state index in [4.69, 9.17) is 11.6 Å². The van der Waals surface area contributed by atoms with E-state index in [2.05, 4.69) is 11.8 Å². The standard InChI is InChI=1S/C25H23ClN2O2/c1-18-11-12-20(26)17-23(18)27-13-15-28(16-14-27)25(30)22-10-6-5-9-21(22)24(29)19-7-3-2-4-8-19/h2-12,17H,13-16H2,1H3. The van der Waals surface area contributed by atoms with Gasteiger partial charge in [0.25, 0.3) is 5.91 Å². The fourth-order valence-corrected chi connectivity index (χ4v) is 4.02. The van der Waals surface area contributed by atoms with Crippen molar-refractivity contribution < 1.29 is 9.59 Å². The third-order valence-corrected chi connectivity index (χ3v) is 5.75. The van der Waals surface area contributed by atoms with Gasteiger partial charge in [-0.25, -0.2) is 0 Å². The molecule has 0 spiro atoms. The molecule has 1 amide bonds. The van der Waals surface area contributed by atoms with Crippen molar-refractivity contribution in [1.29, 1.82) is 0 Å². The van der Waals surface area contributed by atoms with Gasteiger partial charge in [0.1, 0.15) is 0 Å². The number of carbonyl (C=O) groups excluding carboxylic acids is 2. The lowest BCUT2D eigenvalue weighted by molar-refractivity contribution is 0.0742. The van der Waals surface area contributed by atoms with Crippen LogP contribution in [0.5, 0.6) is 0 Å². The molecule has 0 atom stereocenters. The number of hydrogen-bond acceptors (Lipinski definition) is 3. The van der Waals surface area contributed by atoms with Crippen LogP contribution >= 0.6 is 11.6 Å². The Labute approximate surface area is 181 Å². The minimum absolute atomic E-state index is 0.0997. The smallest absolute Gasteiger partial charge is 0.254 e. The van der Waals surface area contributed by atoms with Crippen molar-refractivity contribution >= 4 is 29.0 Å². The molecule has 3 aromatic rings. The molecule has 0 saturated carbocycles. The molecule has 30 heavy (non-hydrogen) atoms. The van der Waals surface area contributed by atoms with Crippen molar-refractivity contribution in [1.82, 2.24) is 4.90 Å². The van der Waals surface area contributed by atoms with Crippen LogP contribution in [0.15, 0.2) is 72.8 Å². The van der Waals surface area contributed by atoms with Crippen molar-refractivity contribution in [2.24, 2.45) is 0 Å². The summed E-state index contributed by atoms with van der Waals surface area (Å²) in [5.41, 5.74) is 3.76. The molecular weight excluding hydrogens is 396 g/mol. The largest absolute Gasteiger partial charge is 0.368 e. The maximum Gasteiger partial charge on any atom is 0.254 e. The van der Waals surface area contributed by atoms with Crippen molar-refractivity contribution in [3.8, 4) is 0 Å². The highest BCUT2D eigenvalue weighted by Gasteiger charge is 2.26. The molecule has 3 aromatic carbocycles. The van der Waals surface area contributed by atoms with E-state index in [1.165, 1.54) is 0 Å². The Balaban J connectivity index is 1.51. The number of halogens is 1. The van der Waals surface area contributed by atoms with Crippen LogP contribution in [0.2, 0.25) is 5.02 Å². The van der Waals surface area contributed by atoms with E-state index >= 15 is 0 Å². The summed E-state index contributed by atoms with van der Waals surface area (Å²) in [6.45, 7) is 4.70. The second-order valence-electron chi connectivity index (χ2n) is 7.45. The average Bonchev–Trinajstić information content (AvgIpc) is 2.80. The van der Waals surface area contributed by atoms with Crippen LogP contribution < -0.4 is 4.90 Å². The number of amides is 1. The summed E-state index contributed by atoms with van der Waals surface area (Å²) in [4.78, 5) is 30.3. The number of carbonyl (C=O) groups is 2. The van der Waals surface area contributed by atoms with Crippen LogP contribution in [-0.2, 0) is 0 Å². The third kappa shape index (κ3) is 4.10. The number of nitrogens with zero attached hydrogens (tertiary/aromatic N) is 2. The number of anilines is 1. The van der Waals surface area contributed by atoms with Crippen LogP contribution in [0, 0.1) is 6.92 Å². The number of rotatable bonds is 4. The van der Waals surface area contributed by atoms with Gasteiger partial charge in [-0.2, -0.15) is 0 Å². The normalized spacial score (nSPS) is 13.9. The highest BCUT2D eigenvalue weighted by atomic mass is 35.5. The van der Waals surface area contributed by atoms with E-state index in [9.17, 15) is 9.59 Å². The summed E-state index contributed by atoms with van der Waals surface area (Å²) < 4.78 is 0. The summed E-state index contributed by atoms with van der Waals surface area (Å²) >= 11 is 6.17. The number of piperazine rings is 1. The minimum atomic E-state index is -0.132. The molecular formula is C25H23ClN2O2. The summed E-state index contributed by atoms with van der Waals surface area (Å²) in [5, 5.41) is 0.711. The Bertz CT molecular complexity index is 1070. The predicted molar refractivity (Wildman–Crippen MR) is 121 cm³/mol. The van der Waals surface area contributed by atoms with Crippen molar-refractivity contribution in [2.75, 3.05) is 31.1 Å². The Morgan fingerprint density at radius 1 is 0.800 bits per heavy atom. The molecule has 1 heterocycles. The molecule has 0 unspecified atom stereocenters. The highest BCUT2D eigenvalue weighted by molar-refractivity contribution is 6.30. The molecule has 1 saturated heterocycles. The van der Waals surface area contributed by atoms with Gasteiger partial charge in [0.05, 0.1) is 5.56 Å². The van der Waals surface area contributed by atoms with Crippen LogP contribution in [0.1, 0.15) is 31.8 Å². The summed E-state index contributed by atoms with van der Waals surface area (Å²) in [6, 6.07) is 22.0. The van der Waals surface area contributed by atoms with Gasteiger partial charge in [0.2, 0.25) is 0 Å². The molecule has 0 bridgehead atoms. The first-order valence-electron chi connectivity index (χ1n) is 10.0. The topological polar surface area (TPSA) is 40.6 Å². The lowest BCUT2D eigenvalue weighted by Crippen LogP contribution is -2.49. The van der Waals surface area contributed by atoms with Gasteiger partial charge in [0, 0.05) is 48.0 Å². The van der Waals surface area contributed by atoms with Gasteiger partial charge in [-0.05, 0) is 30.7 Å². The highest BCUT2D eigenvalue weighted by Crippen LogP contribution is 2.26. The van der Waals surface area contributed by atoms with E-state index in [-0.39, 0.29) is 11.7 Å². The minimum Gasteiger partial charge on any atom is -0.368 e. The second kappa shape index (κ2) is 8.72. The molecule has 1 fully saturated rings. The maximum atomic E-state index is 13.3. The Morgan fingerprint density at radius 2 is 1.43 bits per heavy atom. The zero-order chi connectivity index (χ0) is 21.1. The molecule has 0 aliphatic carbocycles. The molecule has 4 rings (SSSR count). The average molecular weight is 419 g/mol. The van der Waals surface area contributed by atoms with Crippen LogP contribution in [0.3, 0.4) is 0 Å². The first-order valence-corrected chi connectivity index (χ1v) is 10.4. The summed E-state index contributed by atoms with van der Waals surface area (Å²) in [5.74, 6) is -0.231. The monoisotopic (exact) mass is 418 g/mol. The number of ketones is 1. The molecule has 1 aliphatic rings. The zero-order valence-electron chi connectivity index (χ0n) is 16.8. The van der Waals surface area contributed by atoms with Crippen molar-refractivity contribution in [2.45, 2.75) is 6.92 Å². The maximum absolute atomic E-state index is 13.3. The number of aryl methyl sites for hydroxylation is 1. The van der Waals surface area contributed by atoms with Gasteiger partial charge in [-0.1, -0.05) is 66.2 Å². The number of benzene rings is 3. The van der Waals surface area contributed by atoms with Gasteiger partial charge in [0.15, 0.2) is 5.78 Å². The Hall–Kier alpha value is -3.11. The molecule has 152 valence electrons. The molecule has 0 aromatic heterocycles. The summed E-state index contributed by atoms with van der Waals surface area (Å²) in [7, 11) is 0. The van der Waals surface area contributed by atoms with Crippen molar-refractivity contribution in [3.63, 3.8) is 0 Å².